The van der Waals surface area contributed by atoms with E-state index in [4.69, 9.17) is 9.84 Å². The molecule has 0 aromatic carbocycles. The molecule has 8 nitrogen and oxygen atoms in total. The summed E-state index contributed by atoms with van der Waals surface area (Å²) in [7, 11) is 0. The third-order valence-electron chi connectivity index (χ3n) is 3.02. The highest BCUT2D eigenvalue weighted by atomic mass is 16.5. The number of carbonyl (C=O) groups excluding carboxylic acids is 2. The lowest BCUT2D eigenvalue weighted by Gasteiger charge is -2.40. The van der Waals surface area contributed by atoms with Crippen molar-refractivity contribution in [3.8, 4) is 0 Å². The molecule has 0 aliphatic carbocycles. The van der Waals surface area contributed by atoms with Crippen LogP contribution in [0.5, 0.6) is 0 Å². The molecule has 0 radical (unpaired) electrons. The van der Waals surface area contributed by atoms with Crippen molar-refractivity contribution in [3.05, 3.63) is 0 Å². The topological polar surface area (TPSA) is 99.2 Å². The molecule has 8 heteroatoms. The van der Waals surface area contributed by atoms with Crippen LogP contribution in [0, 0.1) is 0 Å². The standard InChI is InChI=1S/C12H21N3O5/c1-3-20-11(18)9(2)14-6-4-5-7-15(14)12(19)13-8-10(16)17/h9H,3-8H2,1-2H3,(H,13,19)(H,16,17). The quantitative estimate of drug-likeness (QED) is 0.693. The second-order valence-corrected chi connectivity index (χ2v) is 4.47. The predicted molar refractivity (Wildman–Crippen MR) is 69.8 cm³/mol. The molecule has 1 saturated heterocycles. The SMILES string of the molecule is CCOC(=O)C(C)N1CCCCN1C(=O)NCC(=O)O. The van der Waals surface area contributed by atoms with E-state index in [9.17, 15) is 14.4 Å². The minimum atomic E-state index is -1.11. The summed E-state index contributed by atoms with van der Waals surface area (Å²) in [6.07, 6.45) is 1.68. The molecule has 20 heavy (non-hydrogen) atoms. The van der Waals surface area contributed by atoms with E-state index >= 15 is 0 Å². The number of esters is 1. The van der Waals surface area contributed by atoms with Gasteiger partial charge in [0.25, 0.3) is 0 Å². The number of amides is 2. The van der Waals surface area contributed by atoms with Gasteiger partial charge in [0.15, 0.2) is 0 Å². The monoisotopic (exact) mass is 287 g/mol. The predicted octanol–water partition coefficient (Wildman–Crippen LogP) is 0.0450. The van der Waals surface area contributed by atoms with Crippen LogP contribution >= 0.6 is 0 Å². The fourth-order valence-electron chi connectivity index (χ4n) is 2.03. The van der Waals surface area contributed by atoms with Crippen LogP contribution in [0.4, 0.5) is 4.79 Å². The van der Waals surface area contributed by atoms with Crippen molar-refractivity contribution in [3.63, 3.8) is 0 Å². The maximum Gasteiger partial charge on any atom is 0.332 e. The summed E-state index contributed by atoms with van der Waals surface area (Å²) in [4.78, 5) is 34.2. The number of carboxylic acid groups (broad SMARTS) is 1. The Labute approximate surface area is 117 Å². The van der Waals surface area contributed by atoms with Gasteiger partial charge < -0.3 is 15.2 Å². The Morgan fingerprint density at radius 2 is 1.95 bits per heavy atom. The van der Waals surface area contributed by atoms with Crippen molar-refractivity contribution in [2.24, 2.45) is 0 Å². The number of hydrogen-bond donors (Lipinski definition) is 2. The zero-order chi connectivity index (χ0) is 15.1. The first-order valence-corrected chi connectivity index (χ1v) is 6.67. The Bertz CT molecular complexity index is 374. The molecule has 1 rings (SSSR count). The number of hydrogen-bond acceptors (Lipinski definition) is 5. The van der Waals surface area contributed by atoms with Gasteiger partial charge in [-0.2, -0.15) is 0 Å². The van der Waals surface area contributed by atoms with Crippen molar-refractivity contribution in [2.75, 3.05) is 26.2 Å². The van der Waals surface area contributed by atoms with E-state index in [2.05, 4.69) is 5.32 Å². The van der Waals surface area contributed by atoms with Gasteiger partial charge in [-0.25, -0.2) is 9.80 Å². The van der Waals surface area contributed by atoms with E-state index in [0.29, 0.717) is 13.1 Å². The Morgan fingerprint density at radius 3 is 2.55 bits per heavy atom. The molecule has 1 fully saturated rings. The number of aliphatic carboxylic acids is 1. The molecular formula is C12H21N3O5. The van der Waals surface area contributed by atoms with Crippen molar-refractivity contribution in [2.45, 2.75) is 32.7 Å². The number of nitrogens with one attached hydrogen (secondary N) is 1. The summed E-state index contributed by atoms with van der Waals surface area (Å²) in [5.74, 6) is -1.51. The van der Waals surface area contributed by atoms with E-state index in [0.717, 1.165) is 12.8 Å². The molecule has 1 atom stereocenters. The second-order valence-electron chi connectivity index (χ2n) is 4.47. The van der Waals surface area contributed by atoms with E-state index in [1.54, 1.807) is 18.9 Å². The fourth-order valence-corrected chi connectivity index (χ4v) is 2.03. The number of nitrogens with zero attached hydrogens (tertiary/aromatic N) is 2. The van der Waals surface area contributed by atoms with Gasteiger partial charge in [0.1, 0.15) is 12.6 Å². The lowest BCUT2D eigenvalue weighted by atomic mass is 10.2. The smallest absolute Gasteiger partial charge is 0.332 e. The van der Waals surface area contributed by atoms with Crippen LogP contribution in [0.15, 0.2) is 0 Å². The van der Waals surface area contributed by atoms with Crippen molar-refractivity contribution in [1.82, 2.24) is 15.3 Å². The third-order valence-corrected chi connectivity index (χ3v) is 3.02. The van der Waals surface area contributed by atoms with Crippen LogP contribution in [-0.4, -0.2) is 65.4 Å². The van der Waals surface area contributed by atoms with Crippen LogP contribution in [0.2, 0.25) is 0 Å². The summed E-state index contributed by atoms with van der Waals surface area (Å²) in [5, 5.41) is 13.9. The Balaban J connectivity index is 2.68. The maximum absolute atomic E-state index is 12.0. The number of hydrazine groups is 1. The van der Waals surface area contributed by atoms with Gasteiger partial charge in [0, 0.05) is 13.1 Å². The molecule has 1 aliphatic heterocycles. The first-order valence-electron chi connectivity index (χ1n) is 6.67. The van der Waals surface area contributed by atoms with Crippen LogP contribution in [0.1, 0.15) is 26.7 Å². The average molecular weight is 287 g/mol. The molecular weight excluding hydrogens is 266 g/mol. The molecule has 0 saturated carbocycles. The van der Waals surface area contributed by atoms with Gasteiger partial charge in [0.05, 0.1) is 6.61 Å². The van der Waals surface area contributed by atoms with E-state index in [1.807, 2.05) is 0 Å². The first kappa shape index (κ1) is 16.2. The second kappa shape index (κ2) is 7.68. The number of rotatable bonds is 5. The lowest BCUT2D eigenvalue weighted by Crippen LogP contribution is -2.59. The molecule has 0 aromatic heterocycles. The number of carbonyl (C=O) groups is 3. The van der Waals surface area contributed by atoms with Gasteiger partial charge in [-0.15, -0.1) is 0 Å². The van der Waals surface area contributed by atoms with Crippen LogP contribution in [0.25, 0.3) is 0 Å². The minimum absolute atomic E-state index is 0.280. The normalized spacial score (nSPS) is 17.4. The number of urea groups is 1. The molecule has 1 heterocycles. The zero-order valence-corrected chi connectivity index (χ0v) is 11.8. The van der Waals surface area contributed by atoms with Crippen molar-refractivity contribution >= 4 is 18.0 Å². The summed E-state index contributed by atoms with van der Waals surface area (Å²) in [5.41, 5.74) is 0. The van der Waals surface area contributed by atoms with Crippen LogP contribution in [-0.2, 0) is 14.3 Å². The van der Waals surface area contributed by atoms with Gasteiger partial charge >= 0.3 is 18.0 Å². The summed E-state index contributed by atoms with van der Waals surface area (Å²) in [6, 6.07) is -1.09. The van der Waals surface area contributed by atoms with Gasteiger partial charge in [-0.1, -0.05) is 0 Å². The van der Waals surface area contributed by atoms with Gasteiger partial charge in [-0.05, 0) is 26.7 Å². The highest BCUT2D eigenvalue weighted by Crippen LogP contribution is 2.15. The Kier molecular flexibility index (Phi) is 6.23. The molecule has 114 valence electrons. The van der Waals surface area contributed by atoms with E-state index in [-0.39, 0.29) is 6.61 Å². The summed E-state index contributed by atoms with van der Waals surface area (Å²) < 4.78 is 4.95. The minimum Gasteiger partial charge on any atom is -0.480 e. The molecule has 2 N–H and O–H groups in total. The number of carboxylic acids is 1. The number of ether oxygens (including phenoxy) is 1. The van der Waals surface area contributed by atoms with E-state index < -0.39 is 30.6 Å². The van der Waals surface area contributed by atoms with E-state index in [1.165, 1.54) is 5.01 Å². The maximum atomic E-state index is 12.0. The molecule has 1 unspecified atom stereocenters. The molecule has 1 aliphatic rings. The largest absolute Gasteiger partial charge is 0.480 e. The lowest BCUT2D eigenvalue weighted by molar-refractivity contribution is -0.157. The average Bonchev–Trinajstić information content (AvgIpc) is 2.44. The van der Waals surface area contributed by atoms with Crippen molar-refractivity contribution in [1.29, 1.82) is 0 Å². The van der Waals surface area contributed by atoms with Gasteiger partial charge in [-0.3, -0.25) is 14.6 Å². The molecule has 0 bridgehead atoms. The Morgan fingerprint density at radius 1 is 1.30 bits per heavy atom. The van der Waals surface area contributed by atoms with Gasteiger partial charge in [0.2, 0.25) is 0 Å². The summed E-state index contributed by atoms with van der Waals surface area (Å²) in [6.45, 7) is 4.23. The highest BCUT2D eigenvalue weighted by molar-refractivity contribution is 5.80. The molecule has 2 amide bonds. The first-order chi connectivity index (χ1) is 9.47. The van der Waals surface area contributed by atoms with Crippen LogP contribution in [0.3, 0.4) is 0 Å². The fraction of sp³-hybridized carbons (Fsp3) is 0.750. The van der Waals surface area contributed by atoms with Crippen molar-refractivity contribution < 1.29 is 24.2 Å². The van der Waals surface area contributed by atoms with Crippen LogP contribution < -0.4 is 5.32 Å². The third kappa shape index (κ3) is 4.37. The highest BCUT2D eigenvalue weighted by Gasteiger charge is 2.32. The Hall–Kier alpha value is -1.83. The molecule has 0 spiro atoms. The summed E-state index contributed by atoms with van der Waals surface area (Å²) >= 11 is 0. The molecule has 0 aromatic rings. The zero-order valence-electron chi connectivity index (χ0n) is 11.8.